The van der Waals surface area contributed by atoms with Crippen molar-refractivity contribution in [1.82, 2.24) is 5.32 Å². The molecule has 0 radical (unpaired) electrons. The number of carbonyl (C=O) groups excluding carboxylic acids is 1. The summed E-state index contributed by atoms with van der Waals surface area (Å²) in [5.74, 6) is 0.412. The van der Waals surface area contributed by atoms with Crippen LogP contribution in [0.3, 0.4) is 0 Å². The van der Waals surface area contributed by atoms with Crippen LogP contribution in [0.4, 0.5) is 5.69 Å². The smallest absolute Gasteiger partial charge is 0.251 e. The van der Waals surface area contributed by atoms with Crippen molar-refractivity contribution in [2.75, 3.05) is 11.0 Å². The molecule has 0 saturated carbocycles. The molecule has 0 aliphatic carbocycles. The number of rotatable bonds is 7. The molecule has 1 unspecified atom stereocenters. The minimum Gasteiger partial charge on any atom is -0.350 e. The van der Waals surface area contributed by atoms with Crippen LogP contribution in [0.1, 0.15) is 44.0 Å². The first-order valence-corrected chi connectivity index (χ1v) is 8.95. The number of hydrogen-bond donors (Lipinski definition) is 2. The highest BCUT2D eigenvalue weighted by atomic mass is 32.2. The van der Waals surface area contributed by atoms with E-state index in [4.69, 9.17) is 0 Å². The molecule has 0 aliphatic rings. The van der Waals surface area contributed by atoms with Crippen LogP contribution in [0.5, 0.6) is 0 Å². The lowest BCUT2D eigenvalue weighted by Gasteiger charge is -2.15. The lowest BCUT2D eigenvalue weighted by Crippen LogP contribution is -2.32. The van der Waals surface area contributed by atoms with Gasteiger partial charge in [-0.05, 0) is 43.9 Å². The average molecular weight is 312 g/mol. The third-order valence-electron chi connectivity index (χ3n) is 2.98. The summed E-state index contributed by atoms with van der Waals surface area (Å²) >= 11 is 0. The summed E-state index contributed by atoms with van der Waals surface area (Å²) in [5.41, 5.74) is 0.833. The normalized spacial score (nSPS) is 13.0. The van der Waals surface area contributed by atoms with E-state index < -0.39 is 10.0 Å². The van der Waals surface area contributed by atoms with Gasteiger partial charge in [-0.25, -0.2) is 8.42 Å². The number of carbonyl (C=O) groups is 1. The maximum atomic E-state index is 12.1. The topological polar surface area (TPSA) is 75.3 Å². The summed E-state index contributed by atoms with van der Waals surface area (Å²) in [6, 6.07) is 6.55. The fourth-order valence-electron chi connectivity index (χ4n) is 1.90. The molecule has 2 N–H and O–H groups in total. The SMILES string of the molecule is CC(C)CCC(C)NC(=O)c1cccc(NS(C)(=O)=O)c1. The van der Waals surface area contributed by atoms with Gasteiger partial charge in [-0.2, -0.15) is 0 Å². The Morgan fingerprint density at radius 2 is 1.86 bits per heavy atom. The van der Waals surface area contributed by atoms with Crippen LogP contribution in [0.2, 0.25) is 0 Å². The third kappa shape index (κ3) is 7.13. The highest BCUT2D eigenvalue weighted by Crippen LogP contribution is 2.13. The molecule has 1 aromatic rings. The van der Waals surface area contributed by atoms with Gasteiger partial charge in [-0.1, -0.05) is 19.9 Å². The zero-order valence-electron chi connectivity index (χ0n) is 13.0. The van der Waals surface area contributed by atoms with Gasteiger partial charge < -0.3 is 5.32 Å². The highest BCUT2D eigenvalue weighted by molar-refractivity contribution is 7.92. The molecule has 1 amide bonds. The van der Waals surface area contributed by atoms with Crippen LogP contribution < -0.4 is 10.0 Å². The number of amides is 1. The summed E-state index contributed by atoms with van der Waals surface area (Å²) in [6.45, 7) is 6.27. The minimum absolute atomic E-state index is 0.0893. The van der Waals surface area contributed by atoms with Gasteiger partial charge in [-0.15, -0.1) is 0 Å². The molecule has 0 bridgehead atoms. The van der Waals surface area contributed by atoms with E-state index in [9.17, 15) is 13.2 Å². The second-order valence-corrected chi connectivity index (χ2v) is 7.55. The Morgan fingerprint density at radius 1 is 1.19 bits per heavy atom. The molecule has 0 fully saturated rings. The molecule has 0 heterocycles. The fourth-order valence-corrected chi connectivity index (χ4v) is 2.46. The van der Waals surface area contributed by atoms with Crippen LogP contribution in [0.25, 0.3) is 0 Å². The van der Waals surface area contributed by atoms with E-state index in [1.807, 2.05) is 6.92 Å². The predicted octanol–water partition coefficient (Wildman–Crippen LogP) is 2.61. The quantitative estimate of drug-likeness (QED) is 0.812. The van der Waals surface area contributed by atoms with E-state index >= 15 is 0 Å². The lowest BCUT2D eigenvalue weighted by molar-refractivity contribution is 0.0937. The van der Waals surface area contributed by atoms with Crippen molar-refractivity contribution in [2.24, 2.45) is 5.92 Å². The van der Waals surface area contributed by atoms with Crippen LogP contribution in [-0.4, -0.2) is 26.6 Å². The van der Waals surface area contributed by atoms with E-state index in [2.05, 4.69) is 23.9 Å². The van der Waals surface area contributed by atoms with Crippen molar-refractivity contribution >= 4 is 21.6 Å². The first-order chi connectivity index (χ1) is 9.67. The predicted molar refractivity (Wildman–Crippen MR) is 85.9 cm³/mol. The third-order valence-corrected chi connectivity index (χ3v) is 3.59. The van der Waals surface area contributed by atoms with Gasteiger partial charge in [0.15, 0.2) is 0 Å². The summed E-state index contributed by atoms with van der Waals surface area (Å²) in [5, 5.41) is 2.93. The molecule has 1 atom stereocenters. The molecule has 5 nitrogen and oxygen atoms in total. The number of hydrogen-bond acceptors (Lipinski definition) is 3. The Labute approximate surface area is 127 Å². The molecular weight excluding hydrogens is 288 g/mol. The van der Waals surface area contributed by atoms with Gasteiger partial charge in [0.1, 0.15) is 0 Å². The van der Waals surface area contributed by atoms with Crippen LogP contribution >= 0.6 is 0 Å². The van der Waals surface area contributed by atoms with Gasteiger partial charge >= 0.3 is 0 Å². The van der Waals surface area contributed by atoms with Crippen molar-refractivity contribution < 1.29 is 13.2 Å². The van der Waals surface area contributed by atoms with Crippen LogP contribution in [0.15, 0.2) is 24.3 Å². The Hall–Kier alpha value is -1.56. The molecule has 0 aliphatic heterocycles. The molecule has 1 rings (SSSR count). The molecule has 21 heavy (non-hydrogen) atoms. The highest BCUT2D eigenvalue weighted by Gasteiger charge is 2.11. The Morgan fingerprint density at radius 3 is 2.43 bits per heavy atom. The van der Waals surface area contributed by atoms with Crippen molar-refractivity contribution in [3.8, 4) is 0 Å². The van der Waals surface area contributed by atoms with Gasteiger partial charge in [0.25, 0.3) is 5.91 Å². The van der Waals surface area contributed by atoms with Crippen molar-refractivity contribution in [3.63, 3.8) is 0 Å². The van der Waals surface area contributed by atoms with Crippen molar-refractivity contribution in [1.29, 1.82) is 0 Å². The van der Waals surface area contributed by atoms with E-state index in [0.29, 0.717) is 17.2 Å². The van der Waals surface area contributed by atoms with Crippen molar-refractivity contribution in [3.05, 3.63) is 29.8 Å². The monoisotopic (exact) mass is 312 g/mol. The fraction of sp³-hybridized carbons (Fsp3) is 0.533. The van der Waals surface area contributed by atoms with Crippen LogP contribution in [-0.2, 0) is 10.0 Å². The summed E-state index contributed by atoms with van der Waals surface area (Å²) in [7, 11) is -3.34. The van der Waals surface area contributed by atoms with E-state index in [1.54, 1.807) is 18.2 Å². The maximum Gasteiger partial charge on any atom is 0.251 e. The van der Waals surface area contributed by atoms with E-state index in [1.165, 1.54) is 6.07 Å². The summed E-state index contributed by atoms with van der Waals surface area (Å²) < 4.78 is 24.8. The Kier molecular flexibility index (Phi) is 6.20. The number of benzene rings is 1. The zero-order chi connectivity index (χ0) is 16.0. The molecule has 0 aromatic heterocycles. The Bertz CT molecular complexity index is 582. The zero-order valence-corrected chi connectivity index (χ0v) is 13.8. The second-order valence-electron chi connectivity index (χ2n) is 5.80. The van der Waals surface area contributed by atoms with E-state index in [-0.39, 0.29) is 11.9 Å². The maximum absolute atomic E-state index is 12.1. The molecule has 0 spiro atoms. The second kappa shape index (κ2) is 7.45. The van der Waals surface area contributed by atoms with Gasteiger partial charge in [0.2, 0.25) is 10.0 Å². The molecular formula is C15H24N2O3S. The van der Waals surface area contributed by atoms with Crippen molar-refractivity contribution in [2.45, 2.75) is 39.7 Å². The number of sulfonamides is 1. The summed E-state index contributed by atoms with van der Waals surface area (Å²) in [4.78, 5) is 12.1. The van der Waals surface area contributed by atoms with E-state index in [0.717, 1.165) is 19.1 Å². The van der Waals surface area contributed by atoms with Gasteiger partial charge in [0, 0.05) is 17.3 Å². The number of nitrogens with one attached hydrogen (secondary N) is 2. The van der Waals surface area contributed by atoms with Crippen LogP contribution in [0, 0.1) is 5.92 Å². The molecule has 0 saturated heterocycles. The molecule has 1 aromatic carbocycles. The largest absolute Gasteiger partial charge is 0.350 e. The number of anilines is 1. The first-order valence-electron chi connectivity index (χ1n) is 7.06. The first kappa shape index (κ1) is 17.5. The average Bonchev–Trinajstić information content (AvgIpc) is 2.34. The lowest BCUT2D eigenvalue weighted by atomic mass is 10.0. The molecule has 6 heteroatoms. The minimum atomic E-state index is -3.34. The Balaban J connectivity index is 2.68. The standard InChI is InChI=1S/C15H24N2O3S/c1-11(2)8-9-12(3)16-15(18)13-6-5-7-14(10-13)17-21(4,19)20/h5-7,10-12,17H,8-9H2,1-4H3,(H,16,18). The van der Waals surface area contributed by atoms with Gasteiger partial charge in [-0.3, -0.25) is 9.52 Å². The molecule has 118 valence electrons. The summed E-state index contributed by atoms with van der Waals surface area (Å²) in [6.07, 6.45) is 3.05. The van der Waals surface area contributed by atoms with Gasteiger partial charge in [0.05, 0.1) is 6.26 Å².